The van der Waals surface area contributed by atoms with Crippen molar-refractivity contribution in [1.29, 1.82) is 0 Å². The molecule has 2 aliphatic heterocycles. The zero-order chi connectivity index (χ0) is 9.97. The Bertz CT molecular complexity index is 216. The van der Waals surface area contributed by atoms with Gasteiger partial charge in [0.2, 0.25) is 5.91 Å². The fourth-order valence-corrected chi connectivity index (χ4v) is 2.80. The van der Waals surface area contributed by atoms with Crippen molar-refractivity contribution in [2.45, 2.75) is 25.3 Å². The zero-order valence-corrected chi connectivity index (χ0v) is 9.92. The summed E-state index contributed by atoms with van der Waals surface area (Å²) >= 11 is 3.46. The first kappa shape index (κ1) is 10.4. The SMILES string of the molecule is O=C1CC(CBr)CN1[C@@H]1CCCNC1. The maximum atomic E-state index is 11.7. The number of rotatable bonds is 2. The molecule has 1 amide bonds. The molecule has 0 saturated carbocycles. The molecular formula is C10H17BrN2O. The number of carbonyl (C=O) groups is 1. The van der Waals surface area contributed by atoms with Crippen LogP contribution in [0.15, 0.2) is 0 Å². The fourth-order valence-electron chi connectivity index (χ4n) is 2.36. The Morgan fingerprint density at radius 3 is 3.00 bits per heavy atom. The zero-order valence-electron chi connectivity index (χ0n) is 8.34. The standard InChI is InChI=1S/C10H17BrN2O/c11-5-8-4-10(14)13(7-8)9-2-1-3-12-6-9/h8-9,12H,1-7H2/t8?,9-/m1/s1. The third-order valence-electron chi connectivity index (χ3n) is 3.17. The number of hydrogen-bond donors (Lipinski definition) is 1. The summed E-state index contributed by atoms with van der Waals surface area (Å²) in [5.74, 6) is 0.882. The van der Waals surface area contributed by atoms with Crippen LogP contribution in [0.2, 0.25) is 0 Å². The van der Waals surface area contributed by atoms with Crippen molar-refractivity contribution in [3.63, 3.8) is 0 Å². The molecule has 3 nitrogen and oxygen atoms in total. The largest absolute Gasteiger partial charge is 0.338 e. The van der Waals surface area contributed by atoms with Crippen LogP contribution in [-0.2, 0) is 4.79 Å². The van der Waals surface area contributed by atoms with Gasteiger partial charge < -0.3 is 10.2 Å². The first-order valence-electron chi connectivity index (χ1n) is 5.37. The quantitative estimate of drug-likeness (QED) is 0.751. The van der Waals surface area contributed by atoms with Crippen molar-refractivity contribution in [2.24, 2.45) is 5.92 Å². The summed E-state index contributed by atoms with van der Waals surface area (Å²) < 4.78 is 0. The van der Waals surface area contributed by atoms with Crippen molar-refractivity contribution in [3.8, 4) is 0 Å². The lowest BCUT2D eigenvalue weighted by Gasteiger charge is -2.31. The van der Waals surface area contributed by atoms with Gasteiger partial charge in [0.1, 0.15) is 0 Å². The average molecular weight is 261 g/mol. The van der Waals surface area contributed by atoms with Gasteiger partial charge >= 0.3 is 0 Å². The number of piperidine rings is 1. The Kier molecular flexibility index (Phi) is 3.44. The van der Waals surface area contributed by atoms with E-state index < -0.39 is 0 Å². The second kappa shape index (κ2) is 4.62. The number of carbonyl (C=O) groups excluding carboxylic acids is 1. The van der Waals surface area contributed by atoms with Gasteiger partial charge in [0.05, 0.1) is 0 Å². The van der Waals surface area contributed by atoms with E-state index in [0.29, 0.717) is 17.9 Å². The molecule has 2 aliphatic rings. The first-order valence-corrected chi connectivity index (χ1v) is 6.49. The maximum absolute atomic E-state index is 11.7. The van der Waals surface area contributed by atoms with E-state index in [9.17, 15) is 4.79 Å². The summed E-state index contributed by atoms with van der Waals surface area (Å²) in [4.78, 5) is 13.8. The normalized spacial score (nSPS) is 33.8. The van der Waals surface area contributed by atoms with Crippen LogP contribution < -0.4 is 5.32 Å². The number of likely N-dealkylation sites (tertiary alicyclic amines) is 1. The highest BCUT2D eigenvalue weighted by Gasteiger charge is 2.33. The second-order valence-corrected chi connectivity index (χ2v) is 4.92. The molecule has 0 radical (unpaired) electrons. The molecule has 2 rings (SSSR count). The number of nitrogens with zero attached hydrogens (tertiary/aromatic N) is 1. The van der Waals surface area contributed by atoms with Crippen LogP contribution >= 0.6 is 15.9 Å². The van der Waals surface area contributed by atoms with Crippen LogP contribution in [-0.4, -0.2) is 41.8 Å². The highest BCUT2D eigenvalue weighted by Crippen LogP contribution is 2.24. The summed E-state index contributed by atoms with van der Waals surface area (Å²) in [6, 6.07) is 0.459. The lowest BCUT2D eigenvalue weighted by Crippen LogP contribution is -2.46. The van der Waals surface area contributed by atoms with Gasteiger partial charge in [0, 0.05) is 30.9 Å². The van der Waals surface area contributed by atoms with Crippen molar-refractivity contribution in [3.05, 3.63) is 0 Å². The Balaban J connectivity index is 1.93. The lowest BCUT2D eigenvalue weighted by atomic mass is 10.1. The van der Waals surface area contributed by atoms with Crippen LogP contribution in [0, 0.1) is 5.92 Å². The Hall–Kier alpha value is -0.0900. The van der Waals surface area contributed by atoms with Gasteiger partial charge in [-0.25, -0.2) is 0 Å². The monoisotopic (exact) mass is 260 g/mol. The van der Waals surface area contributed by atoms with Gasteiger partial charge in [-0.3, -0.25) is 4.79 Å². The Labute approximate surface area is 93.4 Å². The second-order valence-electron chi connectivity index (χ2n) is 4.27. The predicted octanol–water partition coefficient (Wildman–Crippen LogP) is 0.982. The molecule has 4 heteroatoms. The molecule has 2 heterocycles. The molecule has 80 valence electrons. The molecule has 0 aliphatic carbocycles. The van der Waals surface area contributed by atoms with Crippen molar-refractivity contribution >= 4 is 21.8 Å². The lowest BCUT2D eigenvalue weighted by molar-refractivity contribution is -0.129. The minimum Gasteiger partial charge on any atom is -0.338 e. The summed E-state index contributed by atoms with van der Waals surface area (Å²) in [7, 11) is 0. The summed E-state index contributed by atoms with van der Waals surface area (Å²) in [5.41, 5.74) is 0. The molecule has 2 saturated heterocycles. The first-order chi connectivity index (χ1) is 6.81. The van der Waals surface area contributed by atoms with E-state index in [1.54, 1.807) is 0 Å². The minimum atomic E-state index is 0.350. The molecule has 2 fully saturated rings. The number of halogens is 1. The molecule has 0 aromatic heterocycles. The van der Waals surface area contributed by atoms with E-state index in [1.807, 2.05) is 0 Å². The third-order valence-corrected chi connectivity index (χ3v) is 4.08. The molecule has 1 N–H and O–H groups in total. The maximum Gasteiger partial charge on any atom is 0.223 e. The van der Waals surface area contributed by atoms with Crippen molar-refractivity contribution < 1.29 is 4.79 Å². The molecule has 0 aromatic rings. The van der Waals surface area contributed by atoms with Crippen LogP contribution in [0.25, 0.3) is 0 Å². The molecule has 0 spiro atoms. The molecule has 1 unspecified atom stereocenters. The summed E-state index contributed by atoms with van der Waals surface area (Å²) in [6.45, 7) is 3.05. The van der Waals surface area contributed by atoms with Crippen molar-refractivity contribution in [1.82, 2.24) is 10.2 Å². The number of hydrogen-bond acceptors (Lipinski definition) is 2. The van der Waals surface area contributed by atoms with E-state index in [-0.39, 0.29) is 0 Å². The van der Waals surface area contributed by atoms with E-state index in [4.69, 9.17) is 0 Å². The number of alkyl halides is 1. The van der Waals surface area contributed by atoms with Crippen molar-refractivity contribution in [2.75, 3.05) is 25.0 Å². The van der Waals surface area contributed by atoms with Crippen LogP contribution in [0.4, 0.5) is 0 Å². The van der Waals surface area contributed by atoms with Crippen LogP contribution in [0.5, 0.6) is 0 Å². The molecule has 14 heavy (non-hydrogen) atoms. The highest BCUT2D eigenvalue weighted by molar-refractivity contribution is 9.09. The number of nitrogens with one attached hydrogen (secondary N) is 1. The van der Waals surface area contributed by atoms with Gasteiger partial charge in [-0.15, -0.1) is 0 Å². The summed E-state index contributed by atoms with van der Waals surface area (Å²) in [6.07, 6.45) is 3.11. The van der Waals surface area contributed by atoms with Gasteiger partial charge in [-0.2, -0.15) is 0 Å². The van der Waals surface area contributed by atoms with E-state index in [1.165, 1.54) is 12.8 Å². The van der Waals surface area contributed by atoms with E-state index >= 15 is 0 Å². The van der Waals surface area contributed by atoms with Gasteiger partial charge in [0.25, 0.3) is 0 Å². The minimum absolute atomic E-state index is 0.350. The summed E-state index contributed by atoms with van der Waals surface area (Å²) in [5, 5.41) is 4.31. The van der Waals surface area contributed by atoms with E-state index in [0.717, 1.165) is 31.4 Å². The topological polar surface area (TPSA) is 32.3 Å². The smallest absolute Gasteiger partial charge is 0.223 e. The molecule has 2 atom stereocenters. The Morgan fingerprint density at radius 1 is 1.57 bits per heavy atom. The van der Waals surface area contributed by atoms with Gasteiger partial charge in [-0.1, -0.05) is 15.9 Å². The van der Waals surface area contributed by atoms with Crippen LogP contribution in [0.3, 0.4) is 0 Å². The molecule has 0 aromatic carbocycles. The fraction of sp³-hybridized carbons (Fsp3) is 0.900. The molecule has 0 bridgehead atoms. The Morgan fingerprint density at radius 2 is 2.43 bits per heavy atom. The van der Waals surface area contributed by atoms with Crippen LogP contribution in [0.1, 0.15) is 19.3 Å². The van der Waals surface area contributed by atoms with Gasteiger partial charge in [0.15, 0.2) is 0 Å². The van der Waals surface area contributed by atoms with Gasteiger partial charge in [-0.05, 0) is 25.3 Å². The third kappa shape index (κ3) is 2.11. The highest BCUT2D eigenvalue weighted by atomic mass is 79.9. The predicted molar refractivity (Wildman–Crippen MR) is 59.5 cm³/mol. The molecular weight excluding hydrogens is 244 g/mol. The van der Waals surface area contributed by atoms with E-state index in [2.05, 4.69) is 26.1 Å². The average Bonchev–Trinajstić information content (AvgIpc) is 2.61. The number of amides is 1.